The first-order valence-corrected chi connectivity index (χ1v) is 6.17. The lowest BCUT2D eigenvalue weighted by Crippen LogP contribution is -2.49. The molecule has 1 unspecified atom stereocenters. The van der Waals surface area contributed by atoms with Crippen LogP contribution in [0.2, 0.25) is 0 Å². The predicted molar refractivity (Wildman–Crippen MR) is 65.2 cm³/mol. The van der Waals surface area contributed by atoms with Gasteiger partial charge in [0, 0.05) is 17.4 Å². The number of benzene rings is 1. The van der Waals surface area contributed by atoms with E-state index in [-0.39, 0.29) is 23.1 Å². The molecule has 2 amide bonds. The van der Waals surface area contributed by atoms with Crippen LogP contribution in [0.25, 0.3) is 0 Å². The van der Waals surface area contributed by atoms with Crippen LogP contribution in [0, 0.1) is 5.92 Å². The van der Waals surface area contributed by atoms with Gasteiger partial charge in [0.15, 0.2) is 0 Å². The number of piperidine rings is 1. The van der Waals surface area contributed by atoms with Crippen molar-refractivity contribution in [3.8, 4) is 5.75 Å². The van der Waals surface area contributed by atoms with Crippen LogP contribution < -0.4 is 10.1 Å². The van der Waals surface area contributed by atoms with Crippen molar-refractivity contribution in [2.45, 2.75) is 25.2 Å². The molecule has 18 heavy (non-hydrogen) atoms. The second-order valence-electron chi connectivity index (χ2n) is 5.21. The molecule has 1 aromatic carbocycles. The summed E-state index contributed by atoms with van der Waals surface area (Å²) in [6.07, 6.45) is 1.01. The van der Waals surface area contributed by atoms with E-state index in [1.807, 2.05) is 31.2 Å². The topological polar surface area (TPSA) is 55.4 Å². The van der Waals surface area contributed by atoms with Crippen molar-refractivity contribution in [2.75, 3.05) is 6.61 Å². The summed E-state index contributed by atoms with van der Waals surface area (Å²) in [5, 5.41) is 2.43. The molecule has 1 aromatic rings. The Labute approximate surface area is 105 Å². The lowest BCUT2D eigenvalue weighted by molar-refractivity contribution is -0.138. The highest BCUT2D eigenvalue weighted by molar-refractivity contribution is 5.99. The summed E-state index contributed by atoms with van der Waals surface area (Å²) >= 11 is 0. The number of carbonyl (C=O) groups is 2. The fraction of sp³-hybridized carbons (Fsp3) is 0.429. The fourth-order valence-electron chi connectivity index (χ4n) is 2.96. The minimum Gasteiger partial charge on any atom is -0.492 e. The normalized spacial score (nSPS) is 30.6. The lowest BCUT2D eigenvalue weighted by atomic mass is 9.70. The molecular formula is C14H15NO3. The van der Waals surface area contributed by atoms with Gasteiger partial charge < -0.3 is 4.74 Å². The highest BCUT2D eigenvalue weighted by atomic mass is 16.5. The van der Waals surface area contributed by atoms with E-state index >= 15 is 0 Å². The molecule has 0 bridgehead atoms. The first-order chi connectivity index (χ1) is 8.61. The van der Waals surface area contributed by atoms with Crippen LogP contribution >= 0.6 is 0 Å². The number of amides is 2. The molecule has 0 radical (unpaired) electrons. The summed E-state index contributed by atoms with van der Waals surface area (Å²) < 4.78 is 5.68. The van der Waals surface area contributed by atoms with E-state index in [0.717, 1.165) is 11.3 Å². The second kappa shape index (κ2) is 3.83. The third-order valence-corrected chi connectivity index (χ3v) is 4.04. The quantitative estimate of drug-likeness (QED) is 0.761. The minimum atomic E-state index is -0.332. The first kappa shape index (κ1) is 11.3. The Hall–Kier alpha value is -1.84. The zero-order valence-corrected chi connectivity index (χ0v) is 10.2. The highest BCUT2D eigenvalue weighted by Crippen LogP contribution is 2.45. The van der Waals surface area contributed by atoms with E-state index in [9.17, 15) is 9.59 Å². The number of fused-ring (bicyclic) bond motifs is 1. The molecule has 2 heterocycles. The van der Waals surface area contributed by atoms with Crippen molar-refractivity contribution < 1.29 is 14.3 Å². The summed E-state index contributed by atoms with van der Waals surface area (Å²) in [7, 11) is 0. The number of imide groups is 1. The Kier molecular flexibility index (Phi) is 2.40. The number of hydrogen-bond donors (Lipinski definition) is 1. The average Bonchev–Trinajstić information content (AvgIpc) is 2.69. The maximum absolute atomic E-state index is 12.0. The van der Waals surface area contributed by atoms with E-state index in [1.54, 1.807) is 0 Å². The number of para-hydroxylation sites is 1. The second-order valence-corrected chi connectivity index (χ2v) is 5.21. The average molecular weight is 245 g/mol. The van der Waals surface area contributed by atoms with Crippen LogP contribution in [0.15, 0.2) is 24.3 Å². The third kappa shape index (κ3) is 1.52. The van der Waals surface area contributed by atoms with Gasteiger partial charge in [-0.1, -0.05) is 25.1 Å². The molecule has 0 saturated carbocycles. The zero-order chi connectivity index (χ0) is 12.8. The molecule has 0 aromatic heterocycles. The standard InChI is InChI=1S/C14H15NO3/c1-14(10-6-7-12(16)15-13(10)17)8-18-11-5-3-2-4-9(11)14/h2-5,10H,6-8H2,1H3,(H,15,16,17)/t10-,14?/m1/s1. The fourth-order valence-corrected chi connectivity index (χ4v) is 2.96. The van der Waals surface area contributed by atoms with Crippen LogP contribution in [-0.4, -0.2) is 18.4 Å². The SMILES string of the molecule is CC1([C@@H]2CCC(=O)NC2=O)COc2ccccc21. The van der Waals surface area contributed by atoms with Crippen LogP contribution in [0.4, 0.5) is 0 Å². The molecule has 1 N–H and O–H groups in total. The summed E-state index contributed by atoms with van der Waals surface area (Å²) in [6.45, 7) is 2.54. The Morgan fingerprint density at radius 3 is 2.89 bits per heavy atom. The number of nitrogens with one attached hydrogen (secondary N) is 1. The summed E-state index contributed by atoms with van der Waals surface area (Å²) in [4.78, 5) is 23.2. The molecule has 94 valence electrons. The van der Waals surface area contributed by atoms with E-state index in [0.29, 0.717) is 19.4 Å². The Morgan fingerprint density at radius 2 is 2.11 bits per heavy atom. The van der Waals surface area contributed by atoms with E-state index < -0.39 is 0 Å². The zero-order valence-electron chi connectivity index (χ0n) is 10.2. The van der Waals surface area contributed by atoms with Gasteiger partial charge in [-0.2, -0.15) is 0 Å². The molecule has 2 atom stereocenters. The first-order valence-electron chi connectivity index (χ1n) is 6.17. The van der Waals surface area contributed by atoms with Crippen LogP contribution in [-0.2, 0) is 15.0 Å². The summed E-state index contributed by atoms with van der Waals surface area (Å²) in [5.74, 6) is 0.310. The third-order valence-electron chi connectivity index (χ3n) is 4.04. The number of carbonyl (C=O) groups excluding carboxylic acids is 2. The van der Waals surface area contributed by atoms with Gasteiger partial charge in [0.05, 0.1) is 12.5 Å². The van der Waals surface area contributed by atoms with Crippen molar-refractivity contribution in [2.24, 2.45) is 5.92 Å². The van der Waals surface area contributed by atoms with Crippen molar-refractivity contribution in [3.63, 3.8) is 0 Å². The van der Waals surface area contributed by atoms with Gasteiger partial charge in [0.25, 0.3) is 0 Å². The Morgan fingerprint density at radius 1 is 1.33 bits per heavy atom. The van der Waals surface area contributed by atoms with Gasteiger partial charge in [0.1, 0.15) is 5.75 Å². The monoisotopic (exact) mass is 245 g/mol. The molecule has 1 saturated heterocycles. The number of ether oxygens (including phenoxy) is 1. The molecular weight excluding hydrogens is 230 g/mol. The van der Waals surface area contributed by atoms with E-state index in [1.165, 1.54) is 0 Å². The van der Waals surface area contributed by atoms with Crippen molar-refractivity contribution in [1.29, 1.82) is 0 Å². The predicted octanol–water partition coefficient (Wildman–Crippen LogP) is 1.39. The molecule has 1 fully saturated rings. The van der Waals surface area contributed by atoms with Gasteiger partial charge >= 0.3 is 0 Å². The van der Waals surface area contributed by atoms with Crippen LogP contribution in [0.3, 0.4) is 0 Å². The van der Waals surface area contributed by atoms with E-state index in [2.05, 4.69) is 5.32 Å². The lowest BCUT2D eigenvalue weighted by Gasteiger charge is -2.34. The van der Waals surface area contributed by atoms with Gasteiger partial charge in [-0.05, 0) is 12.5 Å². The number of hydrogen-bond acceptors (Lipinski definition) is 3. The van der Waals surface area contributed by atoms with Gasteiger partial charge in [-0.15, -0.1) is 0 Å². The van der Waals surface area contributed by atoms with Crippen molar-refractivity contribution in [1.82, 2.24) is 5.32 Å². The maximum atomic E-state index is 12.0. The molecule has 0 aliphatic carbocycles. The van der Waals surface area contributed by atoms with E-state index in [4.69, 9.17) is 4.74 Å². The van der Waals surface area contributed by atoms with Gasteiger partial charge in [0.2, 0.25) is 11.8 Å². The van der Waals surface area contributed by atoms with Crippen molar-refractivity contribution >= 4 is 11.8 Å². The molecule has 4 heteroatoms. The molecule has 3 rings (SSSR count). The minimum absolute atomic E-state index is 0.172. The Balaban J connectivity index is 1.97. The molecule has 4 nitrogen and oxygen atoms in total. The van der Waals surface area contributed by atoms with Crippen molar-refractivity contribution in [3.05, 3.63) is 29.8 Å². The van der Waals surface area contributed by atoms with Crippen LogP contribution in [0.1, 0.15) is 25.3 Å². The molecule has 2 aliphatic heterocycles. The van der Waals surface area contributed by atoms with Crippen LogP contribution in [0.5, 0.6) is 5.75 Å². The smallest absolute Gasteiger partial charge is 0.230 e. The molecule has 2 aliphatic rings. The van der Waals surface area contributed by atoms with Gasteiger partial charge in [-0.3, -0.25) is 14.9 Å². The number of rotatable bonds is 1. The Bertz CT molecular complexity index is 526. The molecule has 0 spiro atoms. The maximum Gasteiger partial charge on any atom is 0.230 e. The summed E-state index contributed by atoms with van der Waals surface area (Å²) in [5.41, 5.74) is 0.737. The van der Waals surface area contributed by atoms with Gasteiger partial charge in [-0.25, -0.2) is 0 Å². The summed E-state index contributed by atoms with van der Waals surface area (Å²) in [6, 6.07) is 7.81. The largest absolute Gasteiger partial charge is 0.492 e. The highest BCUT2D eigenvalue weighted by Gasteiger charge is 2.47.